The lowest BCUT2D eigenvalue weighted by Gasteiger charge is -2.36. The fourth-order valence-electron chi connectivity index (χ4n) is 3.87. The third-order valence-electron chi connectivity index (χ3n) is 5.20. The van der Waals surface area contributed by atoms with Gasteiger partial charge in [-0.2, -0.15) is 4.98 Å². The zero-order valence-corrected chi connectivity index (χ0v) is 15.9. The lowest BCUT2D eigenvalue weighted by atomic mass is 9.98. The Morgan fingerprint density at radius 2 is 2.15 bits per heavy atom. The number of hydrogen-bond donors (Lipinski definition) is 0. The van der Waals surface area contributed by atoms with Crippen molar-refractivity contribution in [2.75, 3.05) is 6.54 Å². The first-order valence-electron chi connectivity index (χ1n) is 9.55. The van der Waals surface area contributed by atoms with Crippen molar-refractivity contribution < 1.29 is 4.79 Å². The van der Waals surface area contributed by atoms with E-state index in [1.165, 1.54) is 6.42 Å². The first kappa shape index (κ1) is 17.6. The number of hydrogen-bond acceptors (Lipinski definition) is 5. The van der Waals surface area contributed by atoms with Crippen molar-refractivity contribution in [2.24, 2.45) is 0 Å². The minimum absolute atomic E-state index is 0.107. The van der Waals surface area contributed by atoms with Crippen LogP contribution in [0.3, 0.4) is 0 Å². The number of imidazole rings is 1. The number of fused-ring (bicyclic) bond motifs is 1. The maximum Gasteiger partial charge on any atom is 0.252 e. The molecule has 4 rings (SSSR count). The summed E-state index contributed by atoms with van der Waals surface area (Å²) in [5, 5.41) is 4.48. The second-order valence-corrected chi connectivity index (χ2v) is 7.28. The Labute approximate surface area is 158 Å². The summed E-state index contributed by atoms with van der Waals surface area (Å²) in [7, 11) is 0. The predicted molar refractivity (Wildman–Crippen MR) is 100 cm³/mol. The van der Waals surface area contributed by atoms with Crippen molar-refractivity contribution >= 4 is 11.7 Å². The van der Waals surface area contributed by atoms with Gasteiger partial charge in [-0.25, -0.2) is 14.5 Å². The maximum absolute atomic E-state index is 13.0. The fraction of sp³-hybridized carbons (Fsp3) is 0.526. The highest BCUT2D eigenvalue weighted by molar-refractivity contribution is 5.78. The molecule has 0 bridgehead atoms. The van der Waals surface area contributed by atoms with Crippen LogP contribution in [0.1, 0.15) is 42.9 Å². The van der Waals surface area contributed by atoms with E-state index in [2.05, 4.69) is 24.6 Å². The topological polar surface area (TPSA) is 81.2 Å². The summed E-state index contributed by atoms with van der Waals surface area (Å²) in [6.45, 7) is 5.60. The SMILES string of the molecule is Cc1cc(C)n2nc(CC(=O)N3CCCC[C@@H]3CCn3ccnc3)nc2n1. The van der Waals surface area contributed by atoms with Crippen molar-refractivity contribution in [3.63, 3.8) is 0 Å². The summed E-state index contributed by atoms with van der Waals surface area (Å²) in [6.07, 6.45) is 10.0. The minimum atomic E-state index is 0.107. The Balaban J connectivity index is 1.46. The quantitative estimate of drug-likeness (QED) is 0.688. The molecular formula is C19H25N7O. The molecule has 0 saturated carbocycles. The number of piperidine rings is 1. The molecule has 0 aromatic carbocycles. The molecule has 3 aromatic heterocycles. The van der Waals surface area contributed by atoms with Crippen LogP contribution in [-0.4, -0.2) is 52.5 Å². The fourth-order valence-corrected chi connectivity index (χ4v) is 3.87. The van der Waals surface area contributed by atoms with E-state index in [0.717, 1.165) is 43.7 Å². The van der Waals surface area contributed by atoms with Gasteiger partial charge in [-0.1, -0.05) is 0 Å². The molecule has 142 valence electrons. The molecule has 1 saturated heterocycles. The normalized spacial score (nSPS) is 17.6. The van der Waals surface area contributed by atoms with Gasteiger partial charge in [0.1, 0.15) is 0 Å². The van der Waals surface area contributed by atoms with Crippen LogP contribution >= 0.6 is 0 Å². The molecular weight excluding hydrogens is 342 g/mol. The van der Waals surface area contributed by atoms with Gasteiger partial charge in [0.25, 0.3) is 5.78 Å². The number of carbonyl (C=O) groups is 1. The molecule has 1 fully saturated rings. The Morgan fingerprint density at radius 1 is 1.26 bits per heavy atom. The van der Waals surface area contributed by atoms with Crippen molar-refractivity contribution in [2.45, 2.75) is 58.5 Å². The molecule has 1 atom stereocenters. The van der Waals surface area contributed by atoms with Crippen molar-refractivity contribution in [3.05, 3.63) is 42.0 Å². The molecule has 0 aliphatic carbocycles. The van der Waals surface area contributed by atoms with E-state index in [9.17, 15) is 4.79 Å². The van der Waals surface area contributed by atoms with Gasteiger partial charge in [0.05, 0.1) is 12.7 Å². The second kappa shape index (κ2) is 7.46. The Bertz CT molecular complexity index is 931. The third kappa shape index (κ3) is 3.84. The van der Waals surface area contributed by atoms with Crippen LogP contribution in [0.5, 0.6) is 0 Å². The Kier molecular flexibility index (Phi) is 4.87. The highest BCUT2D eigenvalue weighted by Crippen LogP contribution is 2.21. The minimum Gasteiger partial charge on any atom is -0.339 e. The molecule has 8 nitrogen and oxygen atoms in total. The third-order valence-corrected chi connectivity index (χ3v) is 5.20. The lowest BCUT2D eigenvalue weighted by Crippen LogP contribution is -2.45. The molecule has 3 aromatic rings. The predicted octanol–water partition coefficient (Wildman–Crippen LogP) is 1.95. The van der Waals surface area contributed by atoms with Gasteiger partial charge in [-0.05, 0) is 45.6 Å². The lowest BCUT2D eigenvalue weighted by molar-refractivity contribution is -0.134. The Morgan fingerprint density at radius 3 is 2.96 bits per heavy atom. The van der Waals surface area contributed by atoms with E-state index in [1.54, 1.807) is 10.7 Å². The highest BCUT2D eigenvalue weighted by Gasteiger charge is 2.27. The smallest absolute Gasteiger partial charge is 0.252 e. The molecule has 0 unspecified atom stereocenters. The molecule has 0 N–H and O–H groups in total. The van der Waals surface area contributed by atoms with Crippen molar-refractivity contribution in [1.29, 1.82) is 0 Å². The first-order valence-corrected chi connectivity index (χ1v) is 9.55. The van der Waals surface area contributed by atoms with Crippen LogP contribution in [0, 0.1) is 13.8 Å². The summed E-state index contributed by atoms with van der Waals surface area (Å²) >= 11 is 0. The monoisotopic (exact) mass is 367 g/mol. The molecule has 27 heavy (non-hydrogen) atoms. The van der Waals surface area contributed by atoms with Crippen molar-refractivity contribution in [3.8, 4) is 0 Å². The number of likely N-dealkylation sites (tertiary alicyclic amines) is 1. The average Bonchev–Trinajstić information content (AvgIpc) is 3.29. The van der Waals surface area contributed by atoms with Crippen LogP contribution in [0.25, 0.3) is 5.78 Å². The van der Waals surface area contributed by atoms with Gasteiger partial charge < -0.3 is 9.47 Å². The molecule has 4 heterocycles. The molecule has 0 radical (unpaired) electrons. The van der Waals surface area contributed by atoms with Crippen LogP contribution in [-0.2, 0) is 17.8 Å². The number of rotatable bonds is 5. The standard InChI is InChI=1S/C19H25N7O/c1-14-11-15(2)26-19(21-14)22-17(23-26)12-18(27)25-8-4-3-5-16(25)6-9-24-10-7-20-13-24/h7,10-11,13,16H,3-6,8-9,12H2,1-2H3/t16-/m1/s1. The average molecular weight is 367 g/mol. The number of amides is 1. The molecule has 0 spiro atoms. The largest absolute Gasteiger partial charge is 0.339 e. The van der Waals surface area contributed by atoms with E-state index < -0.39 is 0 Å². The van der Waals surface area contributed by atoms with Gasteiger partial charge in [-0.15, -0.1) is 5.10 Å². The van der Waals surface area contributed by atoms with Gasteiger partial charge in [-0.3, -0.25) is 4.79 Å². The molecule has 8 heteroatoms. The summed E-state index contributed by atoms with van der Waals surface area (Å²) in [5.41, 5.74) is 1.88. The van der Waals surface area contributed by atoms with Crippen LogP contribution < -0.4 is 0 Å². The van der Waals surface area contributed by atoms with Gasteiger partial charge in [0, 0.05) is 42.9 Å². The van der Waals surface area contributed by atoms with E-state index in [1.807, 2.05) is 37.3 Å². The number of carbonyl (C=O) groups excluding carboxylic acids is 1. The zero-order chi connectivity index (χ0) is 18.8. The maximum atomic E-state index is 13.0. The summed E-state index contributed by atoms with van der Waals surface area (Å²) in [6, 6.07) is 2.23. The van der Waals surface area contributed by atoms with E-state index in [4.69, 9.17) is 0 Å². The van der Waals surface area contributed by atoms with Gasteiger partial charge in [0.2, 0.25) is 5.91 Å². The number of aromatic nitrogens is 6. The molecule has 1 aliphatic rings. The highest BCUT2D eigenvalue weighted by atomic mass is 16.2. The molecule has 1 aliphatic heterocycles. The Hall–Kier alpha value is -2.77. The van der Waals surface area contributed by atoms with Gasteiger partial charge in [0.15, 0.2) is 5.82 Å². The summed E-state index contributed by atoms with van der Waals surface area (Å²) < 4.78 is 3.78. The van der Waals surface area contributed by atoms with E-state index in [0.29, 0.717) is 11.6 Å². The van der Waals surface area contributed by atoms with E-state index >= 15 is 0 Å². The van der Waals surface area contributed by atoms with Crippen molar-refractivity contribution in [1.82, 2.24) is 34.0 Å². The van der Waals surface area contributed by atoms with Crippen LogP contribution in [0.4, 0.5) is 0 Å². The van der Waals surface area contributed by atoms with Crippen LogP contribution in [0.2, 0.25) is 0 Å². The summed E-state index contributed by atoms with van der Waals surface area (Å²) in [4.78, 5) is 27.9. The zero-order valence-electron chi connectivity index (χ0n) is 15.9. The summed E-state index contributed by atoms with van der Waals surface area (Å²) in [5.74, 6) is 1.21. The first-order chi connectivity index (χ1) is 13.1. The molecule has 1 amide bonds. The van der Waals surface area contributed by atoms with E-state index in [-0.39, 0.29) is 18.4 Å². The van der Waals surface area contributed by atoms with Crippen LogP contribution in [0.15, 0.2) is 24.8 Å². The number of aryl methyl sites for hydroxylation is 3. The van der Waals surface area contributed by atoms with Gasteiger partial charge >= 0.3 is 0 Å². The second-order valence-electron chi connectivity index (χ2n) is 7.28. The number of nitrogens with zero attached hydrogens (tertiary/aromatic N) is 7.